The lowest BCUT2D eigenvalue weighted by Crippen LogP contribution is -2.36. The molecule has 2 aliphatic rings. The minimum atomic E-state index is -0.114. The molecule has 1 fully saturated rings. The number of pyridine rings is 1. The molecule has 1 saturated heterocycles. The summed E-state index contributed by atoms with van der Waals surface area (Å²) in [5, 5.41) is 12.9. The van der Waals surface area contributed by atoms with Crippen LogP contribution in [0.3, 0.4) is 0 Å². The maximum Gasteiger partial charge on any atom is 0.255 e. The molecule has 0 radical (unpaired) electrons. The molecule has 31 heavy (non-hydrogen) atoms. The summed E-state index contributed by atoms with van der Waals surface area (Å²) in [6, 6.07) is 6.26. The summed E-state index contributed by atoms with van der Waals surface area (Å²) in [4.78, 5) is 17.9. The second kappa shape index (κ2) is 8.48. The lowest BCUT2D eigenvalue weighted by atomic mass is 10.1. The van der Waals surface area contributed by atoms with Crippen LogP contribution in [0.5, 0.6) is 0 Å². The number of aryl methyl sites for hydroxylation is 1. The molecule has 3 heterocycles. The largest absolute Gasteiger partial charge is 0.381 e. The van der Waals surface area contributed by atoms with Crippen molar-refractivity contribution in [2.45, 2.75) is 51.2 Å². The van der Waals surface area contributed by atoms with Gasteiger partial charge in [0.2, 0.25) is 0 Å². The monoisotopic (exact) mass is 439 g/mol. The smallest absolute Gasteiger partial charge is 0.255 e. The zero-order chi connectivity index (χ0) is 21.4. The molecular weight excluding hydrogens is 414 g/mol. The van der Waals surface area contributed by atoms with Gasteiger partial charge in [-0.1, -0.05) is 17.7 Å². The van der Waals surface area contributed by atoms with Crippen LogP contribution in [0.15, 0.2) is 30.6 Å². The molecule has 5 rings (SSSR count). The van der Waals surface area contributed by atoms with Crippen molar-refractivity contribution in [3.63, 3.8) is 0 Å². The van der Waals surface area contributed by atoms with Gasteiger partial charge in [0.25, 0.3) is 5.91 Å². The van der Waals surface area contributed by atoms with Gasteiger partial charge in [0.1, 0.15) is 0 Å². The van der Waals surface area contributed by atoms with Gasteiger partial charge >= 0.3 is 0 Å². The molecule has 0 spiro atoms. The number of carbonyl (C=O) groups is 1. The minimum Gasteiger partial charge on any atom is -0.381 e. The summed E-state index contributed by atoms with van der Waals surface area (Å²) in [6.45, 7) is 4.21. The minimum absolute atomic E-state index is 0.0472. The molecule has 1 aliphatic heterocycles. The van der Waals surface area contributed by atoms with Crippen molar-refractivity contribution in [2.24, 2.45) is 0 Å². The second-order valence-electron chi connectivity index (χ2n) is 8.27. The Balaban J connectivity index is 1.42. The Morgan fingerprint density at radius 2 is 2.00 bits per heavy atom. The maximum atomic E-state index is 13.3. The number of aromatic nitrogens is 3. The Hall–Kier alpha value is -2.64. The van der Waals surface area contributed by atoms with Crippen molar-refractivity contribution in [3.05, 3.63) is 52.3 Å². The Morgan fingerprint density at radius 1 is 1.19 bits per heavy atom. The van der Waals surface area contributed by atoms with Crippen LogP contribution in [0.2, 0.25) is 5.02 Å². The summed E-state index contributed by atoms with van der Waals surface area (Å²) in [5.74, 6) is -0.114. The highest BCUT2D eigenvalue weighted by atomic mass is 35.5. The normalized spacial score (nSPS) is 18.8. The third-order valence-electron chi connectivity index (χ3n) is 6.22. The molecule has 2 N–H and O–H groups in total. The van der Waals surface area contributed by atoms with E-state index >= 15 is 0 Å². The molecule has 2 aromatic heterocycles. The Kier molecular flexibility index (Phi) is 5.54. The van der Waals surface area contributed by atoms with Gasteiger partial charge < -0.3 is 15.4 Å². The predicted octanol–water partition coefficient (Wildman–Crippen LogP) is 3.59. The zero-order valence-corrected chi connectivity index (χ0v) is 18.3. The van der Waals surface area contributed by atoms with Gasteiger partial charge in [-0.15, -0.1) is 0 Å². The first kappa shape index (κ1) is 20.3. The fraction of sp³-hybridized carbons (Fsp3) is 0.435. The highest BCUT2D eigenvalue weighted by molar-refractivity contribution is 6.30. The van der Waals surface area contributed by atoms with Crippen molar-refractivity contribution in [2.75, 3.05) is 18.5 Å². The number of hydrogen-bond acceptors (Lipinski definition) is 5. The van der Waals surface area contributed by atoms with Crippen LogP contribution >= 0.6 is 11.6 Å². The van der Waals surface area contributed by atoms with Crippen molar-refractivity contribution in [3.8, 4) is 0 Å². The van der Waals surface area contributed by atoms with E-state index < -0.39 is 0 Å². The number of benzene rings is 1. The van der Waals surface area contributed by atoms with Gasteiger partial charge in [-0.25, -0.2) is 9.67 Å². The van der Waals surface area contributed by atoms with Gasteiger partial charge in [0.05, 0.1) is 22.8 Å². The topological polar surface area (TPSA) is 81.1 Å². The number of halogens is 1. The third kappa shape index (κ3) is 4.00. The molecule has 1 aromatic carbocycles. The molecule has 3 aromatic rings. The number of nitrogens with one attached hydrogen (secondary N) is 2. The Morgan fingerprint density at radius 3 is 2.81 bits per heavy atom. The Labute approximate surface area is 186 Å². The van der Waals surface area contributed by atoms with Gasteiger partial charge in [0.15, 0.2) is 5.65 Å². The molecule has 0 saturated carbocycles. The first-order chi connectivity index (χ1) is 15.1. The van der Waals surface area contributed by atoms with Crippen LogP contribution in [0.4, 0.5) is 5.69 Å². The van der Waals surface area contributed by atoms with Gasteiger partial charge in [-0.05, 0) is 55.9 Å². The van der Waals surface area contributed by atoms with Crippen molar-refractivity contribution < 1.29 is 9.53 Å². The van der Waals surface area contributed by atoms with E-state index in [-0.39, 0.29) is 18.0 Å². The number of anilines is 1. The molecule has 1 unspecified atom stereocenters. The van der Waals surface area contributed by atoms with E-state index in [4.69, 9.17) is 16.3 Å². The van der Waals surface area contributed by atoms with E-state index in [9.17, 15) is 4.79 Å². The first-order valence-corrected chi connectivity index (χ1v) is 11.3. The third-order valence-corrected chi connectivity index (χ3v) is 6.45. The number of carbonyl (C=O) groups excluding carboxylic acids is 1. The fourth-order valence-electron chi connectivity index (χ4n) is 4.58. The van der Waals surface area contributed by atoms with Crippen molar-refractivity contribution >= 4 is 34.2 Å². The van der Waals surface area contributed by atoms with Crippen LogP contribution in [0, 0.1) is 0 Å². The fourth-order valence-corrected chi connectivity index (χ4v) is 4.78. The highest BCUT2D eigenvalue weighted by Crippen LogP contribution is 2.30. The van der Waals surface area contributed by atoms with Crippen molar-refractivity contribution in [1.82, 2.24) is 20.1 Å². The number of fused-ring (bicyclic) bond motifs is 2. The SMILES string of the molecule is CCn1ncc2c(NC3CCOCC3)c(C(=O)NC3Cc4ccc(Cl)cc4C3)cnc21. The van der Waals surface area contributed by atoms with E-state index in [1.54, 1.807) is 12.4 Å². The molecule has 0 bridgehead atoms. The summed E-state index contributed by atoms with van der Waals surface area (Å²) in [6.07, 6.45) is 6.89. The van der Waals surface area contributed by atoms with Crippen LogP contribution < -0.4 is 10.6 Å². The average Bonchev–Trinajstić information content (AvgIpc) is 3.37. The molecule has 8 heteroatoms. The van der Waals surface area contributed by atoms with Crippen molar-refractivity contribution in [1.29, 1.82) is 0 Å². The maximum absolute atomic E-state index is 13.3. The highest BCUT2D eigenvalue weighted by Gasteiger charge is 2.26. The van der Waals surface area contributed by atoms with Crippen LogP contribution in [-0.2, 0) is 24.1 Å². The van der Waals surface area contributed by atoms with Gasteiger partial charge in [0, 0.05) is 43.1 Å². The van der Waals surface area contributed by atoms with Crippen LogP contribution in [-0.4, -0.2) is 46.0 Å². The zero-order valence-electron chi connectivity index (χ0n) is 17.5. The number of rotatable bonds is 5. The van der Waals surface area contributed by atoms with Gasteiger partial charge in [-0.2, -0.15) is 5.10 Å². The van der Waals surface area contributed by atoms with E-state index in [1.807, 2.05) is 23.7 Å². The summed E-state index contributed by atoms with van der Waals surface area (Å²) in [5.41, 5.74) is 4.61. The van der Waals surface area contributed by atoms with E-state index in [1.165, 1.54) is 11.1 Å². The predicted molar refractivity (Wildman–Crippen MR) is 121 cm³/mol. The lowest BCUT2D eigenvalue weighted by molar-refractivity contribution is 0.0903. The summed E-state index contributed by atoms with van der Waals surface area (Å²) < 4.78 is 7.35. The van der Waals surface area contributed by atoms with Crippen LogP contribution in [0.25, 0.3) is 11.0 Å². The number of amides is 1. The average molecular weight is 440 g/mol. The van der Waals surface area contributed by atoms with Gasteiger partial charge in [-0.3, -0.25) is 4.79 Å². The van der Waals surface area contributed by atoms with E-state index in [0.717, 1.165) is 67.2 Å². The molecule has 162 valence electrons. The Bertz CT molecular complexity index is 1120. The number of hydrogen-bond donors (Lipinski definition) is 2. The number of nitrogens with zero attached hydrogens (tertiary/aromatic N) is 3. The van der Waals surface area contributed by atoms with E-state index in [2.05, 4.69) is 26.8 Å². The standard InChI is InChI=1S/C23H26ClN5O2/c1-2-29-22-19(13-26-29)21(27-17-5-7-31-8-6-17)20(12-25-22)23(30)28-18-10-14-3-4-16(24)9-15(14)11-18/h3-4,9,12-13,17-18H,2,5-8,10-11H2,1H3,(H,25,27)(H,28,30). The second-order valence-corrected chi connectivity index (χ2v) is 8.70. The first-order valence-electron chi connectivity index (χ1n) is 10.9. The number of ether oxygens (including phenoxy) is 1. The summed E-state index contributed by atoms with van der Waals surface area (Å²) in [7, 11) is 0. The quantitative estimate of drug-likeness (QED) is 0.635. The van der Waals surface area contributed by atoms with E-state index in [0.29, 0.717) is 5.56 Å². The summed E-state index contributed by atoms with van der Waals surface area (Å²) >= 11 is 6.13. The molecule has 1 atom stereocenters. The molecular formula is C23H26ClN5O2. The molecule has 1 amide bonds. The van der Waals surface area contributed by atoms with Crippen LogP contribution in [0.1, 0.15) is 41.3 Å². The molecule has 7 nitrogen and oxygen atoms in total. The lowest BCUT2D eigenvalue weighted by Gasteiger charge is -2.25. The molecule has 1 aliphatic carbocycles.